The summed E-state index contributed by atoms with van der Waals surface area (Å²) >= 11 is 0. The molecule has 0 saturated carbocycles. The zero-order chi connectivity index (χ0) is 16.8. The molecule has 1 unspecified atom stereocenters. The number of carbonyl (C=O) groups is 2. The predicted octanol–water partition coefficient (Wildman–Crippen LogP) is 2.84. The smallest absolute Gasteiger partial charge is 0.254 e. The molecule has 1 aromatic rings. The summed E-state index contributed by atoms with van der Waals surface area (Å²) < 4.78 is 5.37. The number of carbonyl (C=O) groups excluding carboxylic acids is 2. The van der Waals surface area contributed by atoms with Crippen LogP contribution in [0.15, 0.2) is 36.4 Å². The molecule has 0 spiro atoms. The third-order valence-electron chi connectivity index (χ3n) is 3.73. The molecular weight excluding hydrogens is 292 g/mol. The molecule has 1 fully saturated rings. The maximum atomic E-state index is 12.6. The molecule has 1 atom stereocenters. The second kappa shape index (κ2) is 7.92. The average Bonchev–Trinajstić information content (AvgIpc) is 3.06. The molecule has 0 aromatic heterocycles. The Morgan fingerprint density at radius 2 is 2.22 bits per heavy atom. The Hall–Kier alpha value is -2.14. The molecule has 23 heavy (non-hydrogen) atoms. The van der Waals surface area contributed by atoms with Crippen LogP contribution >= 0.6 is 0 Å². The summed E-state index contributed by atoms with van der Waals surface area (Å²) in [6.45, 7) is 9.45. The van der Waals surface area contributed by atoms with Crippen molar-refractivity contribution in [3.8, 4) is 0 Å². The van der Waals surface area contributed by atoms with Gasteiger partial charge in [-0.3, -0.25) is 9.59 Å². The number of likely N-dealkylation sites (N-methyl/N-ethyl adjacent to an activating group) is 1. The fourth-order valence-electron chi connectivity index (χ4n) is 2.57. The van der Waals surface area contributed by atoms with Gasteiger partial charge < -0.3 is 15.0 Å². The number of amides is 2. The Kier molecular flexibility index (Phi) is 5.93. The zero-order valence-electron chi connectivity index (χ0n) is 13.8. The first kappa shape index (κ1) is 17.2. The Bertz CT molecular complexity index is 592. The molecule has 0 bridgehead atoms. The van der Waals surface area contributed by atoms with Crippen LogP contribution in [-0.2, 0) is 9.53 Å². The molecule has 1 N–H and O–H groups in total. The molecule has 1 saturated heterocycles. The van der Waals surface area contributed by atoms with Crippen molar-refractivity contribution in [1.82, 2.24) is 4.90 Å². The van der Waals surface area contributed by atoms with Crippen LogP contribution < -0.4 is 5.32 Å². The van der Waals surface area contributed by atoms with Gasteiger partial charge in [0.2, 0.25) is 0 Å². The fourth-order valence-corrected chi connectivity index (χ4v) is 2.57. The van der Waals surface area contributed by atoms with Gasteiger partial charge in [-0.1, -0.05) is 18.2 Å². The van der Waals surface area contributed by atoms with Crippen molar-refractivity contribution in [3.63, 3.8) is 0 Å². The minimum absolute atomic E-state index is 0.0660. The number of ether oxygens (including phenoxy) is 1. The molecule has 5 nitrogen and oxygen atoms in total. The fraction of sp³-hybridized carbons (Fsp3) is 0.444. The molecule has 1 aromatic carbocycles. The van der Waals surface area contributed by atoms with E-state index in [-0.39, 0.29) is 17.9 Å². The number of anilines is 1. The van der Waals surface area contributed by atoms with Gasteiger partial charge in [0.15, 0.2) is 0 Å². The van der Waals surface area contributed by atoms with Crippen molar-refractivity contribution in [2.24, 2.45) is 0 Å². The van der Waals surface area contributed by atoms with Gasteiger partial charge in [-0.05, 0) is 44.9 Å². The lowest BCUT2D eigenvalue weighted by atomic mass is 10.1. The van der Waals surface area contributed by atoms with E-state index in [0.29, 0.717) is 30.9 Å². The van der Waals surface area contributed by atoms with Crippen LogP contribution in [0.3, 0.4) is 0 Å². The molecule has 5 heteroatoms. The molecule has 2 amide bonds. The quantitative estimate of drug-likeness (QED) is 0.821. The van der Waals surface area contributed by atoms with Gasteiger partial charge in [-0.15, -0.1) is 0 Å². The number of benzene rings is 1. The van der Waals surface area contributed by atoms with E-state index < -0.39 is 0 Å². The largest absolute Gasteiger partial charge is 0.368 e. The van der Waals surface area contributed by atoms with Crippen LogP contribution in [0.4, 0.5) is 5.69 Å². The number of nitrogens with one attached hydrogen (secondary N) is 1. The molecule has 0 radical (unpaired) electrons. The van der Waals surface area contributed by atoms with Crippen molar-refractivity contribution in [2.75, 3.05) is 25.0 Å². The van der Waals surface area contributed by atoms with Gasteiger partial charge in [0, 0.05) is 30.9 Å². The summed E-state index contributed by atoms with van der Waals surface area (Å²) in [5, 5.41) is 2.82. The lowest BCUT2D eigenvalue weighted by Crippen LogP contribution is -2.32. The van der Waals surface area contributed by atoms with E-state index in [9.17, 15) is 9.59 Å². The Balaban J connectivity index is 2.07. The van der Waals surface area contributed by atoms with Gasteiger partial charge in [0.1, 0.15) is 6.10 Å². The molecule has 1 aliphatic rings. The van der Waals surface area contributed by atoms with Crippen molar-refractivity contribution < 1.29 is 14.3 Å². The van der Waals surface area contributed by atoms with Gasteiger partial charge >= 0.3 is 0 Å². The second-order valence-corrected chi connectivity index (χ2v) is 5.85. The molecule has 0 aliphatic carbocycles. The number of nitrogens with zero attached hydrogens (tertiary/aromatic N) is 1. The van der Waals surface area contributed by atoms with Crippen molar-refractivity contribution in [1.29, 1.82) is 0 Å². The first-order chi connectivity index (χ1) is 11.0. The van der Waals surface area contributed by atoms with Crippen LogP contribution in [0.1, 0.15) is 37.0 Å². The van der Waals surface area contributed by atoms with Gasteiger partial charge in [-0.25, -0.2) is 0 Å². The van der Waals surface area contributed by atoms with Crippen LogP contribution in [0, 0.1) is 0 Å². The zero-order valence-corrected chi connectivity index (χ0v) is 13.8. The van der Waals surface area contributed by atoms with E-state index in [0.717, 1.165) is 18.4 Å². The Morgan fingerprint density at radius 1 is 1.43 bits per heavy atom. The molecule has 2 rings (SSSR count). The maximum absolute atomic E-state index is 12.6. The summed E-state index contributed by atoms with van der Waals surface area (Å²) in [7, 11) is 0. The van der Waals surface area contributed by atoms with E-state index in [4.69, 9.17) is 4.74 Å². The number of rotatable bonds is 6. The summed E-state index contributed by atoms with van der Waals surface area (Å²) in [6, 6.07) is 7.01. The van der Waals surface area contributed by atoms with Crippen LogP contribution in [0.25, 0.3) is 0 Å². The predicted molar refractivity (Wildman–Crippen MR) is 90.4 cm³/mol. The minimum atomic E-state index is -0.384. The van der Waals surface area contributed by atoms with Gasteiger partial charge in [0.05, 0.1) is 0 Å². The number of hydrogen-bond donors (Lipinski definition) is 1. The maximum Gasteiger partial charge on any atom is 0.254 e. The highest BCUT2D eigenvalue weighted by molar-refractivity contribution is 5.98. The molecule has 1 heterocycles. The highest BCUT2D eigenvalue weighted by atomic mass is 16.5. The van der Waals surface area contributed by atoms with Crippen molar-refractivity contribution >= 4 is 17.5 Å². The Labute approximate surface area is 137 Å². The average molecular weight is 316 g/mol. The third kappa shape index (κ3) is 4.66. The van der Waals surface area contributed by atoms with Gasteiger partial charge in [-0.2, -0.15) is 0 Å². The lowest BCUT2D eigenvalue weighted by Gasteiger charge is -2.21. The number of hydrogen-bond acceptors (Lipinski definition) is 3. The van der Waals surface area contributed by atoms with Crippen molar-refractivity contribution in [2.45, 2.75) is 32.8 Å². The third-order valence-corrected chi connectivity index (χ3v) is 3.73. The van der Waals surface area contributed by atoms with E-state index >= 15 is 0 Å². The monoisotopic (exact) mass is 316 g/mol. The first-order valence-electron chi connectivity index (χ1n) is 7.97. The van der Waals surface area contributed by atoms with Crippen LogP contribution in [0.2, 0.25) is 0 Å². The second-order valence-electron chi connectivity index (χ2n) is 5.85. The van der Waals surface area contributed by atoms with E-state index in [1.165, 1.54) is 0 Å². The normalized spacial score (nSPS) is 16.9. The minimum Gasteiger partial charge on any atom is -0.368 e. The SMILES string of the molecule is C=C(C)CN(CC)C(=O)c1cccc(NC(=O)C2CCCO2)c1. The summed E-state index contributed by atoms with van der Waals surface area (Å²) in [6.07, 6.45) is 1.26. The van der Waals surface area contributed by atoms with Crippen LogP contribution in [-0.4, -0.2) is 42.5 Å². The highest BCUT2D eigenvalue weighted by Gasteiger charge is 2.23. The van der Waals surface area contributed by atoms with E-state index in [1.54, 1.807) is 29.2 Å². The first-order valence-corrected chi connectivity index (χ1v) is 7.97. The van der Waals surface area contributed by atoms with Crippen molar-refractivity contribution in [3.05, 3.63) is 42.0 Å². The van der Waals surface area contributed by atoms with E-state index in [2.05, 4.69) is 11.9 Å². The van der Waals surface area contributed by atoms with Gasteiger partial charge in [0.25, 0.3) is 11.8 Å². The topological polar surface area (TPSA) is 58.6 Å². The standard InChI is InChI=1S/C18H24N2O3/c1-4-20(12-13(2)3)18(22)14-7-5-8-15(11-14)19-17(21)16-9-6-10-23-16/h5,7-8,11,16H,2,4,6,9-10,12H2,1,3H3,(H,19,21). The highest BCUT2D eigenvalue weighted by Crippen LogP contribution is 2.17. The Morgan fingerprint density at radius 3 is 2.83 bits per heavy atom. The lowest BCUT2D eigenvalue weighted by molar-refractivity contribution is -0.124. The molecular formula is C18H24N2O3. The summed E-state index contributed by atoms with van der Waals surface area (Å²) in [5.74, 6) is -0.218. The summed E-state index contributed by atoms with van der Waals surface area (Å²) in [5.41, 5.74) is 2.10. The molecule has 124 valence electrons. The van der Waals surface area contributed by atoms with Crippen LogP contribution in [0.5, 0.6) is 0 Å². The van der Waals surface area contributed by atoms with E-state index in [1.807, 2.05) is 13.8 Å². The molecule has 1 aliphatic heterocycles. The summed E-state index contributed by atoms with van der Waals surface area (Å²) in [4.78, 5) is 26.4.